The summed E-state index contributed by atoms with van der Waals surface area (Å²) in [6, 6.07) is 4.24. The van der Waals surface area contributed by atoms with Gasteiger partial charge in [0.15, 0.2) is 11.5 Å². The van der Waals surface area contributed by atoms with E-state index in [0.29, 0.717) is 0 Å². The molecule has 1 aromatic carbocycles. The molecule has 1 unspecified atom stereocenters. The van der Waals surface area contributed by atoms with Gasteiger partial charge in [-0.1, -0.05) is 6.07 Å². The second-order valence-corrected chi connectivity index (χ2v) is 3.61. The number of ether oxygens (including phenoxy) is 2. The molecule has 1 aliphatic rings. The minimum Gasteiger partial charge on any atom is -0.493 e. The van der Waals surface area contributed by atoms with Crippen LogP contribution in [-0.4, -0.2) is 20.3 Å². The molecule has 0 bridgehead atoms. The molecule has 1 aromatic rings. The van der Waals surface area contributed by atoms with Gasteiger partial charge in [-0.25, -0.2) is 0 Å². The Bertz CT molecular complexity index is 355. The van der Waals surface area contributed by atoms with Crippen molar-refractivity contribution < 1.29 is 9.47 Å². The van der Waals surface area contributed by atoms with Gasteiger partial charge in [0.25, 0.3) is 0 Å². The van der Waals surface area contributed by atoms with Crippen molar-refractivity contribution in [2.45, 2.75) is 18.9 Å². The Morgan fingerprint density at radius 3 is 2.53 bits per heavy atom. The van der Waals surface area contributed by atoms with E-state index < -0.39 is 0 Å². The molecule has 0 spiro atoms. The average molecular weight is 230 g/mol. The third kappa shape index (κ3) is 2.03. The van der Waals surface area contributed by atoms with E-state index in [4.69, 9.17) is 15.2 Å². The summed E-state index contributed by atoms with van der Waals surface area (Å²) in [7, 11) is 3.32. The van der Waals surface area contributed by atoms with Crippen molar-refractivity contribution in [1.29, 1.82) is 0 Å². The fourth-order valence-corrected chi connectivity index (χ4v) is 2.06. The first kappa shape index (κ1) is 12.1. The maximum Gasteiger partial charge on any atom is 0.164 e. The zero-order valence-corrected chi connectivity index (χ0v) is 9.76. The zero-order chi connectivity index (χ0) is 10.1. The Labute approximate surface area is 96.0 Å². The lowest BCUT2D eigenvalue weighted by Gasteiger charge is -2.11. The first-order valence-electron chi connectivity index (χ1n) is 4.74. The lowest BCUT2D eigenvalue weighted by molar-refractivity contribution is 0.352. The molecule has 2 N–H and O–H groups in total. The number of benzene rings is 1. The fraction of sp³-hybridized carbons (Fsp3) is 0.455. The number of nitrogens with two attached hydrogens (primary N) is 1. The maximum absolute atomic E-state index is 5.90. The summed E-state index contributed by atoms with van der Waals surface area (Å²) in [6.45, 7) is 0. The summed E-state index contributed by atoms with van der Waals surface area (Å²) in [5, 5.41) is 0. The average Bonchev–Trinajstić information content (AvgIpc) is 2.56. The molecule has 1 atom stereocenters. The van der Waals surface area contributed by atoms with E-state index in [2.05, 4.69) is 6.07 Å². The summed E-state index contributed by atoms with van der Waals surface area (Å²) in [6.07, 6.45) is 1.82. The number of methoxy groups -OCH3 is 2. The highest BCUT2D eigenvalue weighted by atomic mass is 35.5. The summed E-state index contributed by atoms with van der Waals surface area (Å²) < 4.78 is 10.6. The molecule has 15 heavy (non-hydrogen) atoms. The Morgan fingerprint density at radius 1 is 1.20 bits per heavy atom. The minimum absolute atomic E-state index is 0. The van der Waals surface area contributed by atoms with Crippen LogP contribution in [0.5, 0.6) is 11.5 Å². The van der Waals surface area contributed by atoms with E-state index in [9.17, 15) is 0 Å². The first-order valence-corrected chi connectivity index (χ1v) is 4.74. The summed E-state index contributed by atoms with van der Waals surface area (Å²) in [5.74, 6) is 1.64. The number of rotatable bonds is 2. The van der Waals surface area contributed by atoms with Crippen molar-refractivity contribution in [3.8, 4) is 11.5 Å². The zero-order valence-electron chi connectivity index (χ0n) is 8.95. The van der Waals surface area contributed by atoms with Crippen LogP contribution in [0.25, 0.3) is 0 Å². The van der Waals surface area contributed by atoms with Crippen molar-refractivity contribution in [1.82, 2.24) is 0 Å². The normalized spacial score (nSPS) is 17.9. The van der Waals surface area contributed by atoms with Gasteiger partial charge in [-0.3, -0.25) is 0 Å². The molecule has 0 saturated carbocycles. The molecule has 0 aromatic heterocycles. The van der Waals surface area contributed by atoms with Crippen molar-refractivity contribution in [2.75, 3.05) is 14.2 Å². The third-order valence-corrected chi connectivity index (χ3v) is 2.69. The molecule has 4 heteroatoms. The molecule has 0 saturated heterocycles. The molecule has 0 fully saturated rings. The van der Waals surface area contributed by atoms with Gasteiger partial charge in [0.1, 0.15) is 0 Å². The lowest BCUT2D eigenvalue weighted by Crippen LogP contribution is -2.19. The molecular weight excluding hydrogens is 214 g/mol. The standard InChI is InChI=1S/C11H15NO2.ClH/c1-13-10-4-3-7-5-8(12)6-9(7)11(10)14-2;/h3-4,8H,5-6,12H2,1-2H3;1H. The third-order valence-electron chi connectivity index (χ3n) is 2.69. The van der Waals surface area contributed by atoms with Crippen molar-refractivity contribution in [3.05, 3.63) is 23.3 Å². The minimum atomic E-state index is 0. The largest absolute Gasteiger partial charge is 0.493 e. The highest BCUT2D eigenvalue weighted by molar-refractivity contribution is 5.85. The monoisotopic (exact) mass is 229 g/mol. The van der Waals surface area contributed by atoms with Gasteiger partial charge >= 0.3 is 0 Å². The first-order chi connectivity index (χ1) is 6.76. The van der Waals surface area contributed by atoms with Crippen molar-refractivity contribution in [3.63, 3.8) is 0 Å². The van der Waals surface area contributed by atoms with Crippen LogP contribution in [0.1, 0.15) is 11.1 Å². The fourth-order valence-electron chi connectivity index (χ4n) is 2.06. The number of hydrogen-bond donors (Lipinski definition) is 1. The predicted molar refractivity (Wildman–Crippen MR) is 62.2 cm³/mol. The number of fused-ring (bicyclic) bond motifs is 1. The van der Waals surface area contributed by atoms with Gasteiger partial charge in [-0.15, -0.1) is 12.4 Å². The Hall–Kier alpha value is -0.930. The van der Waals surface area contributed by atoms with Crippen LogP contribution in [0.2, 0.25) is 0 Å². The summed E-state index contributed by atoms with van der Waals surface area (Å²) >= 11 is 0. The SMILES string of the molecule is COc1ccc2c(c1OC)CC(N)C2.Cl. The molecule has 0 aliphatic heterocycles. The van der Waals surface area contributed by atoms with Crippen LogP contribution in [0, 0.1) is 0 Å². The van der Waals surface area contributed by atoms with Gasteiger partial charge in [0.05, 0.1) is 14.2 Å². The second kappa shape index (κ2) is 4.73. The van der Waals surface area contributed by atoms with E-state index in [1.165, 1.54) is 11.1 Å². The highest BCUT2D eigenvalue weighted by Gasteiger charge is 2.23. The van der Waals surface area contributed by atoms with Gasteiger partial charge in [-0.05, 0) is 24.5 Å². The quantitative estimate of drug-likeness (QED) is 0.837. The second-order valence-electron chi connectivity index (χ2n) is 3.61. The number of hydrogen-bond acceptors (Lipinski definition) is 3. The molecule has 0 amide bonds. The molecule has 3 nitrogen and oxygen atoms in total. The van der Waals surface area contributed by atoms with Crippen molar-refractivity contribution in [2.24, 2.45) is 5.73 Å². The van der Waals surface area contributed by atoms with E-state index in [-0.39, 0.29) is 18.4 Å². The van der Waals surface area contributed by atoms with Crippen LogP contribution >= 0.6 is 12.4 Å². The van der Waals surface area contributed by atoms with E-state index in [1.807, 2.05) is 6.07 Å². The van der Waals surface area contributed by atoms with Crippen LogP contribution < -0.4 is 15.2 Å². The summed E-state index contributed by atoms with van der Waals surface area (Å²) in [5.41, 5.74) is 8.40. The molecule has 2 rings (SSSR count). The smallest absolute Gasteiger partial charge is 0.164 e. The topological polar surface area (TPSA) is 44.5 Å². The molecule has 0 heterocycles. The maximum atomic E-state index is 5.90. The van der Waals surface area contributed by atoms with Crippen LogP contribution in [0.4, 0.5) is 0 Å². The highest BCUT2D eigenvalue weighted by Crippen LogP contribution is 2.37. The number of halogens is 1. The Kier molecular flexibility index (Phi) is 3.83. The van der Waals surface area contributed by atoms with Crippen LogP contribution in [0.3, 0.4) is 0 Å². The van der Waals surface area contributed by atoms with Gasteiger partial charge in [0.2, 0.25) is 0 Å². The molecular formula is C11H16ClNO2. The Morgan fingerprint density at radius 2 is 1.93 bits per heavy atom. The summed E-state index contributed by atoms with van der Waals surface area (Å²) in [4.78, 5) is 0. The van der Waals surface area contributed by atoms with Crippen LogP contribution in [0.15, 0.2) is 12.1 Å². The van der Waals surface area contributed by atoms with E-state index in [0.717, 1.165) is 24.3 Å². The van der Waals surface area contributed by atoms with E-state index >= 15 is 0 Å². The van der Waals surface area contributed by atoms with Crippen molar-refractivity contribution >= 4 is 12.4 Å². The molecule has 84 valence electrons. The lowest BCUT2D eigenvalue weighted by atomic mass is 10.1. The van der Waals surface area contributed by atoms with E-state index in [1.54, 1.807) is 14.2 Å². The van der Waals surface area contributed by atoms with Gasteiger partial charge < -0.3 is 15.2 Å². The molecule has 1 aliphatic carbocycles. The Balaban J connectivity index is 0.00000112. The molecule has 0 radical (unpaired) electrons. The van der Waals surface area contributed by atoms with Gasteiger partial charge in [0, 0.05) is 11.6 Å². The predicted octanol–water partition coefficient (Wildman–Crippen LogP) is 1.55. The van der Waals surface area contributed by atoms with Crippen LogP contribution in [-0.2, 0) is 12.8 Å². The van der Waals surface area contributed by atoms with Gasteiger partial charge in [-0.2, -0.15) is 0 Å².